The number of anilines is 1. The molecule has 2 aliphatic rings. The maximum absolute atomic E-state index is 12.4. The molecule has 2 saturated heterocycles. The number of fused-ring (bicyclic) bond motifs is 2. The standard InChI is InChI=1S/C16H16N5O6P/c17-16-19-13-9(14(23)20-16)18-12(7-4-2-1-3-5-7)21(13)15-10(22)11-8(26-15)6-25-28(24)27-11/h1-5,8,10-11,15,22,24H,6H2,(H3,17,19,20,23)/t8?,10-,11+,15+,28?/m0/s1. The average molecular weight is 405 g/mol. The first-order valence-corrected chi connectivity index (χ1v) is 9.61. The molecule has 12 heteroatoms. The second kappa shape index (κ2) is 6.59. The number of nitrogens with one attached hydrogen (secondary N) is 1. The lowest BCUT2D eigenvalue weighted by atomic mass is 10.1. The van der Waals surface area contributed by atoms with Crippen LogP contribution >= 0.6 is 8.60 Å². The molecule has 146 valence electrons. The number of nitrogens with zero attached hydrogens (tertiary/aromatic N) is 3. The molecule has 0 spiro atoms. The van der Waals surface area contributed by atoms with Gasteiger partial charge in [0.25, 0.3) is 5.56 Å². The second-order valence-electron chi connectivity index (χ2n) is 6.45. The SMILES string of the molecule is Nc1nc2c(nc(-c3ccccc3)n2[C@@H]2OC3COP(O)O[C@H]3[C@@H]2O)c(=O)[nH]1. The van der Waals surface area contributed by atoms with Gasteiger partial charge >= 0.3 is 8.60 Å². The van der Waals surface area contributed by atoms with Crippen molar-refractivity contribution in [3.63, 3.8) is 0 Å². The van der Waals surface area contributed by atoms with E-state index in [0.717, 1.165) is 0 Å². The Morgan fingerprint density at radius 3 is 2.86 bits per heavy atom. The predicted octanol–water partition coefficient (Wildman–Crippen LogP) is 0.262. The van der Waals surface area contributed by atoms with Crippen LogP contribution in [-0.2, 0) is 13.8 Å². The number of aromatic amines is 1. The minimum absolute atomic E-state index is 0.0697. The Hall–Kier alpha value is -2.40. The molecule has 2 fully saturated rings. The molecule has 0 aliphatic carbocycles. The van der Waals surface area contributed by atoms with Crippen LogP contribution in [0.1, 0.15) is 6.23 Å². The first-order chi connectivity index (χ1) is 13.5. The number of nitrogens with two attached hydrogens (primary N) is 1. The van der Waals surface area contributed by atoms with Gasteiger partial charge in [-0.15, -0.1) is 0 Å². The molecule has 11 nitrogen and oxygen atoms in total. The largest absolute Gasteiger partial charge is 0.386 e. The van der Waals surface area contributed by atoms with Crippen molar-refractivity contribution in [1.82, 2.24) is 19.5 Å². The molecule has 0 amide bonds. The Bertz CT molecular complexity index is 1090. The first kappa shape index (κ1) is 17.7. The van der Waals surface area contributed by atoms with Crippen LogP contribution in [-0.4, -0.2) is 54.4 Å². The number of imidazole rings is 1. The van der Waals surface area contributed by atoms with Crippen molar-refractivity contribution in [2.45, 2.75) is 24.5 Å². The van der Waals surface area contributed by atoms with Crippen LogP contribution in [0.5, 0.6) is 0 Å². The van der Waals surface area contributed by atoms with Crippen LogP contribution in [0.3, 0.4) is 0 Å². The van der Waals surface area contributed by atoms with Crippen molar-refractivity contribution in [1.29, 1.82) is 0 Å². The third-order valence-electron chi connectivity index (χ3n) is 4.73. The van der Waals surface area contributed by atoms with Crippen molar-refractivity contribution in [3.8, 4) is 11.4 Å². The quantitative estimate of drug-likeness (QED) is 0.439. The molecule has 2 aromatic heterocycles. The van der Waals surface area contributed by atoms with Gasteiger partial charge in [0.2, 0.25) is 5.95 Å². The summed E-state index contributed by atoms with van der Waals surface area (Å²) < 4.78 is 17.9. The third kappa shape index (κ3) is 2.72. The fourth-order valence-electron chi connectivity index (χ4n) is 3.50. The second-order valence-corrected chi connectivity index (χ2v) is 7.40. The number of rotatable bonds is 2. The van der Waals surface area contributed by atoms with E-state index in [-0.39, 0.29) is 23.7 Å². The van der Waals surface area contributed by atoms with Crippen molar-refractivity contribution < 1.29 is 23.8 Å². The molecular weight excluding hydrogens is 389 g/mol. The van der Waals surface area contributed by atoms with Crippen LogP contribution in [0.4, 0.5) is 5.95 Å². The molecular formula is C16H16N5O6P. The molecule has 5 N–H and O–H groups in total. The fraction of sp³-hybridized carbons (Fsp3) is 0.312. The number of H-pyrrole nitrogens is 1. The minimum atomic E-state index is -2.08. The van der Waals surface area contributed by atoms with Crippen molar-refractivity contribution in [3.05, 3.63) is 40.7 Å². The highest BCUT2D eigenvalue weighted by molar-refractivity contribution is 7.40. The molecule has 4 heterocycles. The molecule has 28 heavy (non-hydrogen) atoms. The van der Waals surface area contributed by atoms with Gasteiger partial charge in [-0.2, -0.15) is 4.98 Å². The zero-order valence-corrected chi connectivity index (χ0v) is 15.2. The monoisotopic (exact) mass is 405 g/mol. The van der Waals surface area contributed by atoms with E-state index < -0.39 is 38.7 Å². The number of aliphatic hydroxyl groups excluding tert-OH is 1. The van der Waals surface area contributed by atoms with Crippen LogP contribution in [0, 0.1) is 0 Å². The number of hydrogen-bond acceptors (Lipinski definition) is 9. The summed E-state index contributed by atoms with van der Waals surface area (Å²) in [5.74, 6) is 0.302. The Balaban J connectivity index is 1.71. The summed E-state index contributed by atoms with van der Waals surface area (Å²) in [4.78, 5) is 33.0. The van der Waals surface area contributed by atoms with Crippen LogP contribution in [0.25, 0.3) is 22.6 Å². The van der Waals surface area contributed by atoms with Crippen molar-refractivity contribution in [2.24, 2.45) is 0 Å². The van der Waals surface area contributed by atoms with E-state index >= 15 is 0 Å². The van der Waals surface area contributed by atoms with Crippen molar-refractivity contribution >= 4 is 25.7 Å². The van der Waals surface area contributed by atoms with Gasteiger partial charge in [-0.1, -0.05) is 30.3 Å². The molecule has 1 aromatic carbocycles. The van der Waals surface area contributed by atoms with Gasteiger partial charge < -0.3 is 29.5 Å². The summed E-state index contributed by atoms with van der Waals surface area (Å²) in [5, 5.41) is 10.8. The highest BCUT2D eigenvalue weighted by Gasteiger charge is 2.50. The molecule has 2 aliphatic heterocycles. The molecule has 0 radical (unpaired) electrons. The van der Waals surface area contributed by atoms with Crippen LogP contribution in [0.2, 0.25) is 0 Å². The molecule has 5 atom stereocenters. The zero-order valence-electron chi connectivity index (χ0n) is 14.3. The summed E-state index contributed by atoms with van der Waals surface area (Å²) in [6.45, 7) is 0.0733. The number of nitrogen functional groups attached to an aromatic ring is 1. The van der Waals surface area contributed by atoms with E-state index in [1.165, 1.54) is 4.57 Å². The van der Waals surface area contributed by atoms with Gasteiger partial charge in [-0.05, 0) is 0 Å². The summed E-state index contributed by atoms with van der Waals surface area (Å²) in [5.41, 5.74) is 6.17. The van der Waals surface area contributed by atoms with E-state index in [0.29, 0.717) is 11.4 Å². The highest BCUT2D eigenvalue weighted by Crippen LogP contribution is 2.47. The lowest BCUT2D eigenvalue weighted by Gasteiger charge is -2.27. The van der Waals surface area contributed by atoms with Gasteiger partial charge in [0.15, 0.2) is 17.4 Å². The summed E-state index contributed by atoms with van der Waals surface area (Å²) in [7, 11) is -2.08. The average Bonchev–Trinajstić information content (AvgIpc) is 3.21. The smallest absolute Gasteiger partial charge is 0.330 e. The highest BCUT2D eigenvalue weighted by atomic mass is 31.2. The maximum Gasteiger partial charge on any atom is 0.330 e. The Kier molecular flexibility index (Phi) is 4.16. The topological polar surface area (TPSA) is 158 Å². The molecule has 0 saturated carbocycles. The Morgan fingerprint density at radius 2 is 2.07 bits per heavy atom. The first-order valence-electron chi connectivity index (χ1n) is 8.48. The number of aromatic nitrogens is 4. The molecule has 3 aromatic rings. The predicted molar refractivity (Wildman–Crippen MR) is 97.9 cm³/mol. The Morgan fingerprint density at radius 1 is 1.29 bits per heavy atom. The molecule has 2 unspecified atom stereocenters. The van der Waals surface area contributed by atoms with Gasteiger partial charge in [0.05, 0.1) is 6.61 Å². The minimum Gasteiger partial charge on any atom is -0.386 e. The van der Waals surface area contributed by atoms with Crippen LogP contribution in [0.15, 0.2) is 35.1 Å². The number of hydrogen-bond donors (Lipinski definition) is 4. The number of aliphatic hydroxyl groups is 1. The van der Waals surface area contributed by atoms with Gasteiger partial charge in [-0.25, -0.2) is 4.98 Å². The summed E-state index contributed by atoms with van der Waals surface area (Å²) >= 11 is 0. The van der Waals surface area contributed by atoms with E-state index in [1.807, 2.05) is 30.3 Å². The van der Waals surface area contributed by atoms with Gasteiger partial charge in [-0.3, -0.25) is 14.3 Å². The summed E-state index contributed by atoms with van der Waals surface area (Å²) in [6.07, 6.45) is -3.48. The molecule has 5 rings (SSSR count). The number of benzene rings is 1. The maximum atomic E-state index is 12.4. The third-order valence-corrected chi connectivity index (χ3v) is 5.52. The summed E-state index contributed by atoms with van der Waals surface area (Å²) in [6, 6.07) is 9.13. The van der Waals surface area contributed by atoms with E-state index in [9.17, 15) is 14.8 Å². The van der Waals surface area contributed by atoms with Crippen molar-refractivity contribution in [2.75, 3.05) is 12.3 Å². The molecule has 0 bridgehead atoms. The lowest BCUT2D eigenvalue weighted by molar-refractivity contribution is -0.0581. The fourth-order valence-corrected chi connectivity index (χ4v) is 4.31. The Labute approximate surface area is 158 Å². The lowest BCUT2D eigenvalue weighted by Crippen LogP contribution is -2.38. The normalized spacial score (nSPS) is 29.9. The van der Waals surface area contributed by atoms with Crippen LogP contribution < -0.4 is 11.3 Å². The van der Waals surface area contributed by atoms with E-state index in [2.05, 4.69) is 15.0 Å². The number of ether oxygens (including phenoxy) is 1. The van der Waals surface area contributed by atoms with E-state index in [1.54, 1.807) is 0 Å². The van der Waals surface area contributed by atoms with Gasteiger partial charge in [0, 0.05) is 5.56 Å². The zero-order chi connectivity index (χ0) is 19.4. The van der Waals surface area contributed by atoms with E-state index in [4.69, 9.17) is 19.5 Å². The van der Waals surface area contributed by atoms with Gasteiger partial charge in [0.1, 0.15) is 24.1 Å².